The molecule has 0 aromatic heterocycles. The van der Waals surface area contributed by atoms with Crippen molar-refractivity contribution >= 4 is 5.78 Å². The Morgan fingerprint density at radius 2 is 1.29 bits per heavy atom. The molecular weight excluding hydrogens is 229 g/mol. The summed E-state index contributed by atoms with van der Waals surface area (Å²) in [6.07, 6.45) is 1.23. The molecule has 2 rings (SSSR count). The molecule has 2 aliphatic carbocycles. The number of halogens is 3. The van der Waals surface area contributed by atoms with Gasteiger partial charge in [-0.1, -0.05) is 12.8 Å². The fraction of sp³-hybridized carbons (Fsp3) is 0.923. The molecule has 0 aromatic carbocycles. The zero-order valence-corrected chi connectivity index (χ0v) is 9.93. The minimum atomic E-state index is -4.07. The molecule has 0 radical (unpaired) electrons. The molecule has 2 saturated carbocycles. The van der Waals surface area contributed by atoms with Crippen molar-refractivity contribution in [3.63, 3.8) is 0 Å². The van der Waals surface area contributed by atoms with Crippen LogP contribution in [0.4, 0.5) is 13.2 Å². The second-order valence-corrected chi connectivity index (χ2v) is 5.47. The zero-order valence-electron chi connectivity index (χ0n) is 9.93. The summed E-state index contributed by atoms with van der Waals surface area (Å²) >= 11 is 0. The predicted molar refractivity (Wildman–Crippen MR) is 58.5 cm³/mol. The number of carbonyl (C=O) groups is 1. The first kappa shape index (κ1) is 12.9. The minimum Gasteiger partial charge on any atom is -0.299 e. The van der Waals surface area contributed by atoms with Crippen LogP contribution in [-0.2, 0) is 4.79 Å². The van der Waals surface area contributed by atoms with Gasteiger partial charge in [0.2, 0.25) is 0 Å². The molecule has 17 heavy (non-hydrogen) atoms. The van der Waals surface area contributed by atoms with Crippen molar-refractivity contribution in [1.82, 2.24) is 0 Å². The Balaban J connectivity index is 1.84. The summed E-state index contributed by atoms with van der Waals surface area (Å²) in [5.74, 6) is -0.850. The summed E-state index contributed by atoms with van der Waals surface area (Å²) in [5, 5.41) is 0. The molecule has 0 N–H and O–H groups in total. The first-order chi connectivity index (χ1) is 7.98. The van der Waals surface area contributed by atoms with Crippen LogP contribution in [0.2, 0.25) is 0 Å². The van der Waals surface area contributed by atoms with Crippen molar-refractivity contribution in [2.45, 2.75) is 57.5 Å². The number of ketones is 1. The molecule has 4 heteroatoms. The number of Topliss-reactive ketones (excluding diaryl/α,β-unsaturated/α-hetero) is 1. The zero-order chi connectivity index (χ0) is 12.5. The normalized spacial score (nSPS) is 31.7. The maximum atomic E-state index is 12.5. The number of hydrogen-bond acceptors (Lipinski definition) is 1. The van der Waals surface area contributed by atoms with Crippen molar-refractivity contribution in [3.05, 3.63) is 0 Å². The largest absolute Gasteiger partial charge is 0.391 e. The van der Waals surface area contributed by atoms with E-state index in [0.29, 0.717) is 12.8 Å². The van der Waals surface area contributed by atoms with Gasteiger partial charge in [-0.25, -0.2) is 0 Å². The Labute approximate surface area is 99.8 Å². The van der Waals surface area contributed by atoms with E-state index in [0.717, 1.165) is 25.7 Å². The Kier molecular flexibility index (Phi) is 3.79. The molecule has 98 valence electrons. The monoisotopic (exact) mass is 248 g/mol. The van der Waals surface area contributed by atoms with Gasteiger partial charge in [-0.15, -0.1) is 0 Å². The van der Waals surface area contributed by atoms with E-state index in [-0.39, 0.29) is 30.5 Å². The van der Waals surface area contributed by atoms with E-state index >= 15 is 0 Å². The molecule has 1 nitrogen and oxygen atoms in total. The summed E-state index contributed by atoms with van der Waals surface area (Å²) in [6.45, 7) is 0. The lowest BCUT2D eigenvalue weighted by molar-refractivity contribution is -0.184. The SMILES string of the molecule is O=C(C1CCCC1)C1CCC(C(F)(F)F)CC1. The van der Waals surface area contributed by atoms with Crippen LogP contribution in [-0.4, -0.2) is 12.0 Å². The molecule has 0 atom stereocenters. The highest BCUT2D eigenvalue weighted by molar-refractivity contribution is 5.83. The molecule has 2 fully saturated rings. The number of alkyl halides is 3. The van der Waals surface area contributed by atoms with Gasteiger partial charge < -0.3 is 0 Å². The van der Waals surface area contributed by atoms with Crippen molar-refractivity contribution in [2.24, 2.45) is 17.8 Å². The van der Waals surface area contributed by atoms with E-state index in [1.165, 1.54) is 0 Å². The molecule has 0 heterocycles. The number of carbonyl (C=O) groups excluding carboxylic acids is 1. The van der Waals surface area contributed by atoms with Crippen LogP contribution in [0.5, 0.6) is 0 Å². The maximum absolute atomic E-state index is 12.5. The van der Waals surface area contributed by atoms with Gasteiger partial charge in [-0.2, -0.15) is 13.2 Å². The lowest BCUT2D eigenvalue weighted by Crippen LogP contribution is -2.32. The van der Waals surface area contributed by atoms with E-state index in [1.54, 1.807) is 0 Å². The summed E-state index contributed by atoms with van der Waals surface area (Å²) in [4.78, 5) is 12.1. The third-order valence-corrected chi connectivity index (χ3v) is 4.35. The van der Waals surface area contributed by atoms with Gasteiger partial charge >= 0.3 is 6.18 Å². The van der Waals surface area contributed by atoms with Gasteiger partial charge in [0.15, 0.2) is 0 Å². The second kappa shape index (κ2) is 4.99. The van der Waals surface area contributed by atoms with E-state index in [9.17, 15) is 18.0 Å². The van der Waals surface area contributed by atoms with Crippen molar-refractivity contribution in [2.75, 3.05) is 0 Å². The van der Waals surface area contributed by atoms with Crippen LogP contribution >= 0.6 is 0 Å². The maximum Gasteiger partial charge on any atom is 0.391 e. The Hall–Kier alpha value is -0.540. The van der Waals surface area contributed by atoms with Gasteiger partial charge in [0.25, 0.3) is 0 Å². The summed E-state index contributed by atoms with van der Waals surface area (Å²) in [5.41, 5.74) is 0. The minimum absolute atomic E-state index is 0.0864. The van der Waals surface area contributed by atoms with Crippen LogP contribution in [0.15, 0.2) is 0 Å². The quantitative estimate of drug-likeness (QED) is 0.718. The van der Waals surface area contributed by atoms with Gasteiger partial charge in [0.05, 0.1) is 5.92 Å². The topological polar surface area (TPSA) is 17.1 Å². The first-order valence-corrected chi connectivity index (χ1v) is 6.59. The molecule has 0 spiro atoms. The molecular formula is C13H19F3O. The fourth-order valence-corrected chi connectivity index (χ4v) is 3.25. The van der Waals surface area contributed by atoms with Crippen LogP contribution in [0.1, 0.15) is 51.4 Å². The summed E-state index contributed by atoms with van der Waals surface area (Å²) in [7, 11) is 0. The molecule has 0 amide bonds. The highest BCUT2D eigenvalue weighted by Crippen LogP contribution is 2.41. The smallest absolute Gasteiger partial charge is 0.299 e. The lowest BCUT2D eigenvalue weighted by Gasteiger charge is -2.30. The third kappa shape index (κ3) is 3.02. The van der Waals surface area contributed by atoms with E-state index in [2.05, 4.69) is 0 Å². The predicted octanol–water partition coefficient (Wildman–Crippen LogP) is 4.11. The molecule has 0 unspecified atom stereocenters. The Morgan fingerprint density at radius 3 is 1.76 bits per heavy atom. The molecule has 0 aromatic rings. The second-order valence-electron chi connectivity index (χ2n) is 5.47. The molecule has 0 bridgehead atoms. The van der Waals surface area contributed by atoms with Crippen LogP contribution in [0.25, 0.3) is 0 Å². The van der Waals surface area contributed by atoms with Crippen molar-refractivity contribution in [1.29, 1.82) is 0 Å². The van der Waals surface area contributed by atoms with Gasteiger partial charge in [0.1, 0.15) is 5.78 Å². The van der Waals surface area contributed by atoms with Gasteiger partial charge in [-0.05, 0) is 38.5 Å². The Morgan fingerprint density at radius 1 is 0.824 bits per heavy atom. The van der Waals surface area contributed by atoms with E-state index in [1.807, 2.05) is 0 Å². The fourth-order valence-electron chi connectivity index (χ4n) is 3.25. The van der Waals surface area contributed by atoms with Gasteiger partial charge in [-0.3, -0.25) is 4.79 Å². The molecule has 0 saturated heterocycles. The highest BCUT2D eigenvalue weighted by atomic mass is 19.4. The summed E-state index contributed by atoms with van der Waals surface area (Å²) in [6, 6.07) is 0. The molecule has 0 aliphatic heterocycles. The number of rotatable bonds is 2. The lowest BCUT2D eigenvalue weighted by atomic mass is 9.76. The van der Waals surface area contributed by atoms with E-state index < -0.39 is 12.1 Å². The van der Waals surface area contributed by atoms with Crippen molar-refractivity contribution < 1.29 is 18.0 Å². The standard InChI is InChI=1S/C13H19F3O/c14-13(15,16)11-7-5-10(6-8-11)12(17)9-3-1-2-4-9/h9-11H,1-8H2. The average molecular weight is 248 g/mol. The Bertz CT molecular complexity index is 271. The highest BCUT2D eigenvalue weighted by Gasteiger charge is 2.43. The molecule has 2 aliphatic rings. The van der Waals surface area contributed by atoms with Crippen LogP contribution < -0.4 is 0 Å². The summed E-state index contributed by atoms with van der Waals surface area (Å²) < 4.78 is 37.5. The first-order valence-electron chi connectivity index (χ1n) is 6.59. The number of hydrogen-bond donors (Lipinski definition) is 0. The van der Waals surface area contributed by atoms with Crippen LogP contribution in [0.3, 0.4) is 0 Å². The third-order valence-electron chi connectivity index (χ3n) is 4.35. The van der Waals surface area contributed by atoms with Gasteiger partial charge in [0, 0.05) is 11.8 Å². The average Bonchev–Trinajstić information content (AvgIpc) is 2.80. The van der Waals surface area contributed by atoms with Crippen LogP contribution in [0, 0.1) is 17.8 Å². The van der Waals surface area contributed by atoms with Crippen molar-refractivity contribution in [3.8, 4) is 0 Å². The van der Waals surface area contributed by atoms with E-state index in [4.69, 9.17) is 0 Å².